The van der Waals surface area contributed by atoms with Gasteiger partial charge in [-0.3, -0.25) is 24.2 Å². The monoisotopic (exact) mass is 448 g/mol. The van der Waals surface area contributed by atoms with Crippen molar-refractivity contribution in [3.05, 3.63) is 71.8 Å². The number of ether oxygens (including phenoxy) is 1. The molecule has 2 heterocycles. The summed E-state index contributed by atoms with van der Waals surface area (Å²) in [5, 5.41) is 5.75. The van der Waals surface area contributed by atoms with Crippen molar-refractivity contribution < 1.29 is 19.1 Å². The van der Waals surface area contributed by atoms with Gasteiger partial charge < -0.3 is 15.4 Å². The molecule has 0 aromatic heterocycles. The number of nitrogens with zero attached hydrogens (tertiary/aromatic N) is 2. The minimum Gasteiger partial charge on any atom is -0.379 e. The van der Waals surface area contributed by atoms with Crippen LogP contribution in [0.3, 0.4) is 0 Å². The average Bonchev–Trinajstić information content (AvgIpc) is 3.07. The van der Waals surface area contributed by atoms with Crippen molar-refractivity contribution in [2.45, 2.75) is 13.0 Å². The van der Waals surface area contributed by atoms with E-state index in [4.69, 9.17) is 4.74 Å². The molecule has 0 atom stereocenters. The summed E-state index contributed by atoms with van der Waals surface area (Å²) >= 11 is 0. The molecule has 3 amide bonds. The Morgan fingerprint density at radius 1 is 1.00 bits per heavy atom. The van der Waals surface area contributed by atoms with E-state index in [-0.39, 0.29) is 30.8 Å². The molecule has 0 spiro atoms. The Bertz CT molecular complexity index is 1030. The zero-order valence-electron chi connectivity index (χ0n) is 18.5. The zero-order valence-corrected chi connectivity index (χ0v) is 18.5. The molecule has 1 saturated heterocycles. The van der Waals surface area contributed by atoms with E-state index in [0.717, 1.165) is 24.2 Å². The number of anilines is 1. The van der Waals surface area contributed by atoms with Gasteiger partial charge in [0.25, 0.3) is 5.91 Å². The van der Waals surface area contributed by atoms with Crippen molar-refractivity contribution >= 4 is 29.1 Å². The van der Waals surface area contributed by atoms with Crippen LogP contribution >= 0.6 is 0 Å². The molecule has 172 valence electrons. The molecular weight excluding hydrogens is 420 g/mol. The van der Waals surface area contributed by atoms with Crippen LogP contribution in [-0.2, 0) is 20.9 Å². The summed E-state index contributed by atoms with van der Waals surface area (Å²) in [5.41, 5.74) is 3.39. The fraction of sp³-hybridized carbons (Fsp3) is 0.320. The van der Waals surface area contributed by atoms with Gasteiger partial charge in [-0.2, -0.15) is 0 Å². The number of carbonyl (C=O) groups excluding carboxylic acids is 3. The van der Waals surface area contributed by atoms with Crippen molar-refractivity contribution in [1.82, 2.24) is 15.1 Å². The fourth-order valence-electron chi connectivity index (χ4n) is 3.97. The van der Waals surface area contributed by atoms with Gasteiger partial charge in [-0.25, -0.2) is 0 Å². The second kappa shape index (κ2) is 10.4. The van der Waals surface area contributed by atoms with Crippen LogP contribution < -0.4 is 10.6 Å². The Morgan fingerprint density at radius 3 is 2.52 bits per heavy atom. The molecule has 8 nitrogen and oxygen atoms in total. The van der Waals surface area contributed by atoms with Gasteiger partial charge in [-0.1, -0.05) is 36.9 Å². The minimum atomic E-state index is -0.280. The van der Waals surface area contributed by atoms with Gasteiger partial charge in [0.1, 0.15) is 6.54 Å². The topological polar surface area (TPSA) is 91.0 Å². The van der Waals surface area contributed by atoms with Crippen LogP contribution in [-0.4, -0.2) is 66.9 Å². The summed E-state index contributed by atoms with van der Waals surface area (Å²) in [4.78, 5) is 40.9. The number of carbonyl (C=O) groups is 3. The molecule has 2 aliphatic heterocycles. The first-order valence-corrected chi connectivity index (χ1v) is 11.1. The number of rotatable bonds is 8. The highest BCUT2D eigenvalue weighted by Crippen LogP contribution is 2.30. The third-order valence-corrected chi connectivity index (χ3v) is 5.80. The number of hydrogen-bond donors (Lipinski definition) is 2. The summed E-state index contributed by atoms with van der Waals surface area (Å²) in [6.45, 7) is 7.98. The first-order valence-electron chi connectivity index (χ1n) is 11.1. The summed E-state index contributed by atoms with van der Waals surface area (Å²) in [6.07, 6.45) is 0.414. The average molecular weight is 449 g/mol. The molecule has 2 aromatic rings. The van der Waals surface area contributed by atoms with E-state index in [9.17, 15) is 14.4 Å². The number of fused-ring (bicyclic) bond motifs is 1. The van der Waals surface area contributed by atoms with Gasteiger partial charge in [0, 0.05) is 55.1 Å². The molecule has 0 radical (unpaired) electrons. The van der Waals surface area contributed by atoms with Gasteiger partial charge in [0.15, 0.2) is 0 Å². The van der Waals surface area contributed by atoms with Crippen molar-refractivity contribution in [3.8, 4) is 0 Å². The van der Waals surface area contributed by atoms with Gasteiger partial charge in [0.05, 0.1) is 13.2 Å². The van der Waals surface area contributed by atoms with E-state index in [1.54, 1.807) is 12.1 Å². The third-order valence-electron chi connectivity index (χ3n) is 5.80. The maximum absolute atomic E-state index is 12.6. The number of amides is 3. The van der Waals surface area contributed by atoms with Gasteiger partial charge in [-0.05, 0) is 23.8 Å². The van der Waals surface area contributed by atoms with Crippen molar-refractivity contribution in [2.24, 2.45) is 0 Å². The highest BCUT2D eigenvalue weighted by Gasteiger charge is 2.31. The quantitative estimate of drug-likeness (QED) is 0.645. The molecule has 33 heavy (non-hydrogen) atoms. The molecule has 1 fully saturated rings. The SMILES string of the molecule is C=C1c2ccccc2C(=O)N1CC(=O)NCc1cccc(NC(=O)CCN2CCOCC2)c1. The van der Waals surface area contributed by atoms with Crippen LogP contribution in [0.25, 0.3) is 5.70 Å². The van der Waals surface area contributed by atoms with E-state index in [1.807, 2.05) is 36.4 Å². The molecule has 0 bridgehead atoms. The lowest BCUT2D eigenvalue weighted by Crippen LogP contribution is -2.38. The van der Waals surface area contributed by atoms with Crippen LogP contribution in [0.5, 0.6) is 0 Å². The maximum Gasteiger partial charge on any atom is 0.259 e. The number of benzene rings is 2. The standard InChI is InChI=1S/C25H28N4O4/c1-18-21-7-2-3-8-22(21)25(32)29(18)17-24(31)26-16-19-5-4-6-20(15-19)27-23(30)9-10-28-11-13-33-14-12-28/h2-8,15H,1,9-14,16-17H2,(H,26,31)(H,27,30). The number of hydrogen-bond acceptors (Lipinski definition) is 5. The molecule has 0 saturated carbocycles. The highest BCUT2D eigenvalue weighted by molar-refractivity contribution is 6.10. The Kier molecular flexibility index (Phi) is 7.16. The van der Waals surface area contributed by atoms with E-state index in [2.05, 4.69) is 22.1 Å². The predicted octanol–water partition coefficient (Wildman–Crippen LogP) is 2.09. The van der Waals surface area contributed by atoms with Gasteiger partial charge in [-0.15, -0.1) is 0 Å². The maximum atomic E-state index is 12.6. The van der Waals surface area contributed by atoms with E-state index < -0.39 is 0 Å². The summed E-state index contributed by atoms with van der Waals surface area (Å²) in [7, 11) is 0. The normalized spacial score (nSPS) is 15.9. The van der Waals surface area contributed by atoms with Crippen LogP contribution in [0.2, 0.25) is 0 Å². The van der Waals surface area contributed by atoms with Gasteiger partial charge >= 0.3 is 0 Å². The Balaban J connectivity index is 1.25. The lowest BCUT2D eigenvalue weighted by molar-refractivity contribution is -0.121. The van der Waals surface area contributed by atoms with Crippen molar-refractivity contribution in [3.63, 3.8) is 0 Å². The number of morpholine rings is 1. The lowest BCUT2D eigenvalue weighted by Gasteiger charge is -2.26. The summed E-state index contributed by atoms with van der Waals surface area (Å²) in [5.74, 6) is -0.543. The molecule has 2 N–H and O–H groups in total. The summed E-state index contributed by atoms with van der Waals surface area (Å²) < 4.78 is 5.32. The van der Waals surface area contributed by atoms with Crippen LogP contribution in [0, 0.1) is 0 Å². The Labute approximate surface area is 193 Å². The van der Waals surface area contributed by atoms with E-state index in [0.29, 0.717) is 43.1 Å². The smallest absolute Gasteiger partial charge is 0.259 e. The third kappa shape index (κ3) is 5.66. The molecule has 4 rings (SSSR count). The Morgan fingerprint density at radius 2 is 1.76 bits per heavy atom. The molecule has 8 heteroatoms. The molecule has 0 unspecified atom stereocenters. The lowest BCUT2D eigenvalue weighted by atomic mass is 10.1. The first kappa shape index (κ1) is 22.7. The van der Waals surface area contributed by atoms with Crippen LogP contribution in [0.4, 0.5) is 5.69 Å². The largest absolute Gasteiger partial charge is 0.379 e. The second-order valence-electron chi connectivity index (χ2n) is 8.11. The fourth-order valence-corrected chi connectivity index (χ4v) is 3.97. The molecular formula is C25H28N4O4. The Hall–Kier alpha value is -3.49. The van der Waals surface area contributed by atoms with Crippen molar-refractivity contribution in [1.29, 1.82) is 0 Å². The molecule has 2 aromatic carbocycles. The van der Waals surface area contributed by atoms with Crippen molar-refractivity contribution in [2.75, 3.05) is 44.7 Å². The summed E-state index contributed by atoms with van der Waals surface area (Å²) in [6, 6.07) is 14.6. The number of nitrogens with one attached hydrogen (secondary N) is 2. The van der Waals surface area contributed by atoms with Crippen LogP contribution in [0.15, 0.2) is 55.1 Å². The highest BCUT2D eigenvalue weighted by atomic mass is 16.5. The first-order chi connectivity index (χ1) is 16.0. The second-order valence-corrected chi connectivity index (χ2v) is 8.11. The van der Waals surface area contributed by atoms with E-state index in [1.165, 1.54) is 4.90 Å². The molecule has 0 aliphatic carbocycles. The van der Waals surface area contributed by atoms with Gasteiger partial charge in [0.2, 0.25) is 11.8 Å². The molecule has 2 aliphatic rings. The van der Waals surface area contributed by atoms with E-state index >= 15 is 0 Å². The van der Waals surface area contributed by atoms with Crippen LogP contribution in [0.1, 0.15) is 27.9 Å². The minimum absolute atomic E-state index is 0.0479. The predicted molar refractivity (Wildman–Crippen MR) is 125 cm³/mol. The zero-order chi connectivity index (χ0) is 23.2.